The zero-order valence-electron chi connectivity index (χ0n) is 8.50. The molecule has 0 spiro atoms. The summed E-state index contributed by atoms with van der Waals surface area (Å²) in [5.74, 6) is 0.874. The van der Waals surface area contributed by atoms with Crippen LogP contribution in [0.1, 0.15) is 6.42 Å². The molecule has 0 amide bonds. The molecule has 1 aliphatic heterocycles. The van der Waals surface area contributed by atoms with E-state index in [2.05, 4.69) is 11.4 Å². The fraction of sp³-hybridized carbons (Fsp3) is 0.333. The van der Waals surface area contributed by atoms with Gasteiger partial charge in [0.25, 0.3) is 0 Å². The Morgan fingerprint density at radius 2 is 2.07 bits per heavy atom. The van der Waals surface area contributed by atoms with Gasteiger partial charge in [-0.15, -0.1) is 0 Å². The second-order valence-corrected chi connectivity index (χ2v) is 4.00. The number of hydrogen-bond donors (Lipinski definition) is 1. The summed E-state index contributed by atoms with van der Waals surface area (Å²) in [6, 6.07) is 7.47. The Bertz CT molecular complexity index is 345. The lowest BCUT2D eigenvalue weighted by Gasteiger charge is -2.14. The molecule has 1 heterocycles. The number of nitrogens with one attached hydrogen (secondary N) is 1. The van der Waals surface area contributed by atoms with E-state index in [4.69, 9.17) is 16.3 Å². The molecule has 1 aliphatic rings. The quantitative estimate of drug-likeness (QED) is 0.796. The van der Waals surface area contributed by atoms with E-state index in [1.807, 2.05) is 24.3 Å². The van der Waals surface area contributed by atoms with Gasteiger partial charge in [0.1, 0.15) is 12.4 Å². The van der Waals surface area contributed by atoms with Gasteiger partial charge in [-0.1, -0.05) is 17.7 Å². The third kappa shape index (κ3) is 3.26. The maximum absolute atomic E-state index is 5.79. The van der Waals surface area contributed by atoms with E-state index in [9.17, 15) is 0 Å². The molecular formula is C12H14ClNO. The number of halogens is 1. The summed E-state index contributed by atoms with van der Waals surface area (Å²) in [5.41, 5.74) is 1.36. The van der Waals surface area contributed by atoms with Gasteiger partial charge in [0.05, 0.1) is 0 Å². The second kappa shape index (κ2) is 5.19. The lowest BCUT2D eigenvalue weighted by Crippen LogP contribution is -2.22. The predicted molar refractivity (Wildman–Crippen MR) is 62.5 cm³/mol. The first kappa shape index (κ1) is 10.5. The number of benzene rings is 1. The van der Waals surface area contributed by atoms with Gasteiger partial charge in [-0.2, -0.15) is 0 Å². The van der Waals surface area contributed by atoms with Gasteiger partial charge in [-0.3, -0.25) is 0 Å². The van der Waals surface area contributed by atoms with Crippen LogP contribution in [0.15, 0.2) is 35.9 Å². The average Bonchev–Trinajstić information content (AvgIpc) is 2.30. The molecule has 0 atom stereocenters. The van der Waals surface area contributed by atoms with E-state index in [1.54, 1.807) is 0 Å². The van der Waals surface area contributed by atoms with Crippen LogP contribution < -0.4 is 10.1 Å². The zero-order valence-corrected chi connectivity index (χ0v) is 9.26. The van der Waals surface area contributed by atoms with Crippen LogP contribution >= 0.6 is 11.6 Å². The predicted octanol–water partition coefficient (Wildman–Crippen LogP) is 2.64. The Morgan fingerprint density at radius 1 is 1.27 bits per heavy atom. The molecular weight excluding hydrogens is 210 g/mol. The van der Waals surface area contributed by atoms with Gasteiger partial charge < -0.3 is 10.1 Å². The largest absolute Gasteiger partial charge is 0.489 e. The number of hydrogen-bond acceptors (Lipinski definition) is 2. The Labute approximate surface area is 94.9 Å². The molecule has 0 unspecified atom stereocenters. The molecule has 15 heavy (non-hydrogen) atoms. The van der Waals surface area contributed by atoms with Crippen LogP contribution in [0.25, 0.3) is 0 Å². The summed E-state index contributed by atoms with van der Waals surface area (Å²) < 4.78 is 5.65. The zero-order chi connectivity index (χ0) is 10.5. The minimum Gasteiger partial charge on any atom is -0.489 e. The van der Waals surface area contributed by atoms with Crippen molar-refractivity contribution in [2.45, 2.75) is 6.42 Å². The Kier molecular flexibility index (Phi) is 3.64. The van der Waals surface area contributed by atoms with Gasteiger partial charge >= 0.3 is 0 Å². The molecule has 0 saturated heterocycles. The third-order valence-corrected chi connectivity index (χ3v) is 2.65. The lowest BCUT2D eigenvalue weighted by atomic mass is 10.1. The van der Waals surface area contributed by atoms with Crippen molar-refractivity contribution in [3.05, 3.63) is 40.9 Å². The first-order valence-corrected chi connectivity index (χ1v) is 5.49. The summed E-state index contributed by atoms with van der Waals surface area (Å²) in [6.45, 7) is 2.69. The lowest BCUT2D eigenvalue weighted by molar-refractivity contribution is 0.344. The van der Waals surface area contributed by atoms with Crippen molar-refractivity contribution in [1.82, 2.24) is 5.32 Å². The summed E-state index contributed by atoms with van der Waals surface area (Å²) in [5, 5.41) is 4.01. The van der Waals surface area contributed by atoms with Crippen molar-refractivity contribution < 1.29 is 4.74 Å². The van der Waals surface area contributed by atoms with Gasteiger partial charge in [-0.05, 0) is 42.8 Å². The maximum atomic E-state index is 5.79. The van der Waals surface area contributed by atoms with Crippen molar-refractivity contribution in [2.24, 2.45) is 0 Å². The molecule has 3 heteroatoms. The summed E-state index contributed by atoms with van der Waals surface area (Å²) in [6.07, 6.45) is 3.27. The van der Waals surface area contributed by atoms with E-state index in [0.717, 1.165) is 30.3 Å². The van der Waals surface area contributed by atoms with Crippen LogP contribution in [-0.2, 0) is 0 Å². The van der Waals surface area contributed by atoms with Crippen molar-refractivity contribution in [1.29, 1.82) is 0 Å². The van der Waals surface area contributed by atoms with Crippen LogP contribution in [0.2, 0.25) is 5.02 Å². The highest BCUT2D eigenvalue weighted by molar-refractivity contribution is 6.30. The monoisotopic (exact) mass is 223 g/mol. The summed E-state index contributed by atoms with van der Waals surface area (Å²) in [7, 11) is 0. The highest BCUT2D eigenvalue weighted by Gasteiger charge is 2.03. The minimum absolute atomic E-state index is 0.684. The second-order valence-electron chi connectivity index (χ2n) is 3.56. The topological polar surface area (TPSA) is 21.3 Å². The van der Waals surface area contributed by atoms with Gasteiger partial charge in [-0.25, -0.2) is 0 Å². The van der Waals surface area contributed by atoms with Gasteiger partial charge in [0.2, 0.25) is 0 Å². The van der Waals surface area contributed by atoms with Crippen LogP contribution in [-0.4, -0.2) is 19.7 Å². The van der Waals surface area contributed by atoms with Crippen LogP contribution in [0, 0.1) is 0 Å². The first-order valence-electron chi connectivity index (χ1n) is 5.11. The molecule has 0 radical (unpaired) electrons. The van der Waals surface area contributed by atoms with E-state index in [-0.39, 0.29) is 0 Å². The SMILES string of the molecule is Clc1ccc(OCC2=CCNCC2)cc1. The Hall–Kier alpha value is -0.990. The molecule has 80 valence electrons. The standard InChI is InChI=1S/C12H14ClNO/c13-11-1-3-12(4-2-11)15-9-10-5-7-14-8-6-10/h1-5,14H,6-9H2. The van der Waals surface area contributed by atoms with E-state index < -0.39 is 0 Å². The molecule has 0 bridgehead atoms. The molecule has 0 aliphatic carbocycles. The van der Waals surface area contributed by atoms with Gasteiger partial charge in [0.15, 0.2) is 0 Å². The molecule has 0 aromatic heterocycles. The highest BCUT2D eigenvalue weighted by Crippen LogP contribution is 2.16. The third-order valence-electron chi connectivity index (χ3n) is 2.40. The molecule has 2 nitrogen and oxygen atoms in total. The molecule has 1 N–H and O–H groups in total. The van der Waals surface area contributed by atoms with E-state index in [0.29, 0.717) is 6.61 Å². The first-order chi connectivity index (χ1) is 7.34. The number of rotatable bonds is 3. The molecule has 0 fully saturated rings. The normalized spacial score (nSPS) is 15.9. The Morgan fingerprint density at radius 3 is 2.73 bits per heavy atom. The highest BCUT2D eigenvalue weighted by atomic mass is 35.5. The van der Waals surface area contributed by atoms with Crippen molar-refractivity contribution in [3.63, 3.8) is 0 Å². The van der Waals surface area contributed by atoms with E-state index >= 15 is 0 Å². The van der Waals surface area contributed by atoms with E-state index in [1.165, 1.54) is 5.57 Å². The smallest absolute Gasteiger partial charge is 0.119 e. The number of ether oxygens (including phenoxy) is 1. The fourth-order valence-corrected chi connectivity index (χ4v) is 1.63. The Balaban J connectivity index is 1.87. The van der Waals surface area contributed by atoms with Crippen LogP contribution in [0.3, 0.4) is 0 Å². The average molecular weight is 224 g/mol. The molecule has 1 aromatic rings. The molecule has 0 saturated carbocycles. The molecule has 1 aromatic carbocycles. The fourth-order valence-electron chi connectivity index (χ4n) is 1.51. The van der Waals surface area contributed by atoms with Gasteiger partial charge in [0, 0.05) is 11.6 Å². The minimum atomic E-state index is 0.684. The summed E-state index contributed by atoms with van der Waals surface area (Å²) >= 11 is 5.79. The maximum Gasteiger partial charge on any atom is 0.119 e. The van der Waals surface area contributed by atoms with Crippen molar-refractivity contribution >= 4 is 11.6 Å². The summed E-state index contributed by atoms with van der Waals surface area (Å²) in [4.78, 5) is 0. The van der Waals surface area contributed by atoms with Crippen molar-refractivity contribution in [2.75, 3.05) is 19.7 Å². The van der Waals surface area contributed by atoms with Crippen LogP contribution in [0.4, 0.5) is 0 Å². The molecule has 2 rings (SSSR count). The van der Waals surface area contributed by atoms with Crippen LogP contribution in [0.5, 0.6) is 5.75 Å². The van der Waals surface area contributed by atoms with Crippen molar-refractivity contribution in [3.8, 4) is 5.75 Å².